The molecule has 0 radical (unpaired) electrons. The van der Waals surface area contributed by atoms with Gasteiger partial charge in [-0.25, -0.2) is 0 Å². The summed E-state index contributed by atoms with van der Waals surface area (Å²) in [5, 5.41) is 65.2. The molecule has 0 bridgehead atoms. The first-order valence-corrected chi connectivity index (χ1v) is 44.4. The highest BCUT2D eigenvalue weighted by atomic mass is 31.2. The highest BCUT2D eigenvalue weighted by molar-refractivity contribution is 8.02. The number of anilines is 1. The van der Waals surface area contributed by atoms with Crippen LogP contribution in [0, 0.1) is 0 Å². The average molecular weight is 1660 g/mol. The van der Waals surface area contributed by atoms with Crippen LogP contribution in [0.3, 0.4) is 0 Å². The number of hydrogen-bond donors (Lipinski definition) is 9. The van der Waals surface area contributed by atoms with Gasteiger partial charge in [-0.1, -0.05) is 267 Å². The van der Waals surface area contributed by atoms with Crippen LogP contribution in [0.2, 0.25) is 0 Å². The van der Waals surface area contributed by atoms with Crippen molar-refractivity contribution in [1.29, 1.82) is 0 Å². The van der Waals surface area contributed by atoms with E-state index in [0.29, 0.717) is 11.4 Å². The van der Waals surface area contributed by atoms with Crippen LogP contribution in [0.4, 0.5) is 5.69 Å². The zero-order valence-electron chi connectivity index (χ0n) is 66.6. The number of nitrogens with one attached hydrogen (secondary N) is 1. The van der Waals surface area contributed by atoms with Crippen LogP contribution in [-0.2, 0) is 0 Å². The van der Waals surface area contributed by atoms with Crippen LogP contribution in [0.15, 0.2) is 485 Å². The fraction of sp³-hybridized carbons (Fsp3) is 0. The number of primary amides is 3. The minimum Gasteiger partial charge on any atom is -0.508 e. The molecule has 0 saturated carbocycles. The second-order valence-corrected chi connectivity index (χ2v) is 37.4. The Morgan fingerprint density at radius 1 is 0.180 bits per heavy atom. The summed E-state index contributed by atoms with van der Waals surface area (Å²) >= 11 is 0. The van der Waals surface area contributed by atoms with Gasteiger partial charge in [-0.2, -0.15) is 0 Å². The van der Waals surface area contributed by atoms with Gasteiger partial charge in [0.2, 0.25) is 0 Å². The Balaban J connectivity index is 0.000000144. The Morgan fingerprint density at radius 3 is 0.492 bits per heavy atom. The van der Waals surface area contributed by atoms with E-state index in [1.165, 1.54) is 106 Å². The second-order valence-electron chi connectivity index (χ2n) is 27.2. The summed E-state index contributed by atoms with van der Waals surface area (Å²) in [6, 6.07) is 162. The van der Waals surface area contributed by atoms with Crippen LogP contribution in [0.1, 0.15) is 41.4 Å². The third kappa shape index (κ3) is 22.0. The topological polar surface area (TPSA) is 260 Å². The van der Waals surface area contributed by atoms with E-state index >= 15 is 0 Å². The van der Waals surface area contributed by atoms with E-state index in [-0.39, 0.29) is 51.2 Å². The van der Waals surface area contributed by atoms with Gasteiger partial charge in [0.15, 0.2) is 0 Å². The molecule has 602 valence electrons. The zero-order chi connectivity index (χ0) is 85.8. The molecule has 13 nitrogen and oxygen atoms in total. The van der Waals surface area contributed by atoms with Gasteiger partial charge < -0.3 is 48.1 Å². The Bertz CT molecular complexity index is 5360. The van der Waals surface area contributed by atoms with Crippen molar-refractivity contribution in [3.63, 3.8) is 0 Å². The van der Waals surface area contributed by atoms with Crippen molar-refractivity contribution < 1.29 is 44.7 Å². The third-order valence-electron chi connectivity index (χ3n) is 19.5. The van der Waals surface area contributed by atoms with Gasteiger partial charge >= 0.3 is 0 Å². The summed E-state index contributed by atoms with van der Waals surface area (Å²) in [4.78, 5) is 43.2. The van der Waals surface area contributed by atoms with Gasteiger partial charge in [0, 0.05) is 5.69 Å². The third-order valence-corrected chi connectivity index (χ3v) is 32.4. The molecule has 16 heteroatoms. The lowest BCUT2D eigenvalue weighted by molar-refractivity contribution is 0.0989. The molecule has 122 heavy (non-hydrogen) atoms. The van der Waals surface area contributed by atoms with Crippen molar-refractivity contribution in [2.45, 2.75) is 0 Å². The predicted octanol–water partition coefficient (Wildman–Crippen LogP) is 16.7. The molecule has 17 aromatic rings. The van der Waals surface area contributed by atoms with Crippen molar-refractivity contribution >= 4 is 115 Å². The molecule has 0 aromatic heterocycles. The Kier molecular flexibility index (Phi) is 32.0. The van der Waals surface area contributed by atoms with Crippen LogP contribution >= 0.6 is 21.8 Å². The minimum atomic E-state index is -2.04. The fourth-order valence-corrected chi connectivity index (χ4v) is 26.7. The summed E-state index contributed by atoms with van der Waals surface area (Å²) in [6.07, 6.45) is 0. The normalized spacial score (nSPS) is 10.5. The lowest BCUT2D eigenvalue weighted by atomic mass is 10.2. The molecule has 0 fully saturated rings. The molecule has 0 heterocycles. The van der Waals surface area contributed by atoms with Gasteiger partial charge in [0.25, 0.3) is 23.6 Å². The summed E-state index contributed by atoms with van der Waals surface area (Å²) in [7, 11) is -5.85. The number of para-hydroxylation sites is 5. The quantitative estimate of drug-likeness (QED) is 0.0392. The van der Waals surface area contributed by atoms with E-state index in [2.05, 4.69) is 351 Å². The number of carbonyl (C=O) groups is 4. The lowest BCUT2D eigenvalue weighted by Crippen LogP contribution is -2.38. The van der Waals surface area contributed by atoms with Gasteiger partial charge in [0.1, 0.15) is 114 Å². The Hall–Kier alpha value is -15.1. The maximum Gasteiger partial charge on any atom is 0.259 e. The number of phenolic OH excluding ortho intramolecular Hbond substituents is 2. The highest BCUT2D eigenvalue weighted by Crippen LogP contribution is 2.56. The molecule has 0 saturated heterocycles. The summed E-state index contributed by atoms with van der Waals surface area (Å²) in [5.74, 6) is -2.10. The number of rotatable bonds is 17. The summed E-state index contributed by atoms with van der Waals surface area (Å²) in [6.45, 7) is 0. The summed E-state index contributed by atoms with van der Waals surface area (Å²) in [5.41, 5.74) is 16.2. The molecule has 0 aliphatic rings. The predicted molar refractivity (Wildman–Crippen MR) is 508 cm³/mol. The van der Waals surface area contributed by atoms with Crippen molar-refractivity contribution in [3.8, 4) is 28.7 Å². The van der Waals surface area contributed by atoms with E-state index in [1.807, 2.05) is 18.2 Å². The number of phenols is 5. The van der Waals surface area contributed by atoms with Crippen LogP contribution in [0.5, 0.6) is 28.7 Å². The average Bonchev–Trinajstić information content (AvgIpc) is 0.747. The number of amides is 4. The fourth-order valence-electron chi connectivity index (χ4n) is 14.0. The molecular weight excluding hydrogens is 1570 g/mol. The standard InChI is InChI=1S/C24H19OP.2C24H20P.C13H11NO2.3C7H7NO2/c25-20-16-18-24(19-17-20)26(21-10-4-1-5-11-21,22-12-6-2-7-13-22)23-14-8-3-9-15-23;2*1-5-13-21(14-6-1)25(22-15-7-2-8-16-22,23-17-9-3-10-18-23)24-19-11-4-12-20-24;15-12-9-5-4-8-11(12)13(16)14-10-6-2-1-3-7-10;3*8-7(10)5-3-1-2-4-6(5)9/h1-19H;2*1-20H;1-9,15H,(H,14,16);3*1-4,9H,(H2,8,10)/q;2*+1;;;;/p+1. The molecule has 12 N–H and O–H groups in total. The lowest BCUT2D eigenvalue weighted by Gasteiger charge is -2.27. The molecular formula is C106H92N4O9P3+3. The smallest absolute Gasteiger partial charge is 0.259 e. The zero-order valence-corrected chi connectivity index (χ0v) is 69.3. The van der Waals surface area contributed by atoms with Crippen LogP contribution < -0.4 is 86.2 Å². The minimum absolute atomic E-state index is 0.0177. The molecule has 0 aliphatic carbocycles. The Labute approximate surface area is 713 Å². The van der Waals surface area contributed by atoms with E-state index < -0.39 is 39.5 Å². The van der Waals surface area contributed by atoms with E-state index in [1.54, 1.807) is 78.9 Å². The van der Waals surface area contributed by atoms with Crippen LogP contribution in [0.25, 0.3) is 0 Å². The molecule has 0 atom stereocenters. The van der Waals surface area contributed by atoms with Gasteiger partial charge in [-0.3, -0.25) is 19.2 Å². The van der Waals surface area contributed by atoms with Crippen molar-refractivity contribution in [2.24, 2.45) is 17.2 Å². The number of carbonyl (C=O) groups excluding carboxylic acids is 4. The van der Waals surface area contributed by atoms with E-state index in [9.17, 15) is 29.4 Å². The first-order chi connectivity index (χ1) is 59.6. The molecule has 4 amide bonds. The van der Waals surface area contributed by atoms with Crippen molar-refractivity contribution in [3.05, 3.63) is 508 Å². The van der Waals surface area contributed by atoms with Gasteiger partial charge in [0.05, 0.1) is 22.3 Å². The first-order valence-electron chi connectivity index (χ1n) is 39.0. The largest absolute Gasteiger partial charge is 0.508 e. The van der Waals surface area contributed by atoms with Gasteiger partial charge in [-0.05, 0) is 218 Å². The molecule has 0 unspecified atom stereocenters. The maximum absolute atomic E-state index is 11.8. The number of aromatic hydroxyl groups is 5. The SMILES string of the molecule is NC(=O)c1ccccc1O.NC(=O)c1ccccc1O.NC(=O)c1ccccc1O.O=C(Nc1ccccc1)c1ccccc1O.Oc1ccc([P+](c2ccccc2)(c2ccccc2)c2ccccc2)cc1.c1ccc([P+](c2ccccc2)(c2ccccc2)c2ccccc2)cc1.c1ccc([P+](c2ccccc2)(c2ccccc2)c2ccccc2)cc1. The van der Waals surface area contributed by atoms with Gasteiger partial charge in [-0.15, -0.1) is 0 Å². The second kappa shape index (κ2) is 44.5. The molecule has 17 aromatic carbocycles. The molecule has 0 aliphatic heterocycles. The Morgan fingerprint density at radius 2 is 0.328 bits per heavy atom. The molecule has 0 spiro atoms. The number of hydrogen-bond acceptors (Lipinski definition) is 9. The van der Waals surface area contributed by atoms with Crippen LogP contribution in [-0.4, -0.2) is 49.2 Å². The van der Waals surface area contributed by atoms with Crippen molar-refractivity contribution in [2.75, 3.05) is 5.32 Å². The monoisotopic (exact) mass is 1660 g/mol. The van der Waals surface area contributed by atoms with E-state index in [0.717, 1.165) is 0 Å². The van der Waals surface area contributed by atoms with E-state index in [4.69, 9.17) is 32.5 Å². The summed E-state index contributed by atoms with van der Waals surface area (Å²) < 4.78 is 0. The number of benzene rings is 17. The highest BCUT2D eigenvalue weighted by Gasteiger charge is 2.50. The number of nitrogens with two attached hydrogens (primary N) is 3. The first kappa shape index (κ1) is 87.7. The maximum atomic E-state index is 11.8. The molecule has 17 rings (SSSR count). The van der Waals surface area contributed by atoms with Crippen molar-refractivity contribution in [1.82, 2.24) is 0 Å².